The van der Waals surface area contributed by atoms with Crippen molar-refractivity contribution in [3.63, 3.8) is 0 Å². The molecule has 3 rings (SSSR count). The molecule has 4 heteroatoms. The molecule has 1 aromatic heterocycles. The van der Waals surface area contributed by atoms with Crippen LogP contribution in [-0.4, -0.2) is 16.0 Å². The molecule has 3 aromatic rings. The second-order valence-corrected chi connectivity index (χ2v) is 4.68. The van der Waals surface area contributed by atoms with Gasteiger partial charge in [0.25, 0.3) is 0 Å². The van der Waals surface area contributed by atoms with Gasteiger partial charge >= 0.3 is 0 Å². The van der Waals surface area contributed by atoms with Crippen molar-refractivity contribution in [1.29, 1.82) is 0 Å². The number of aromatic nitrogens is 2. The van der Waals surface area contributed by atoms with E-state index in [4.69, 9.17) is 0 Å². The molecule has 0 unspecified atom stereocenters. The minimum Gasteiger partial charge on any atom is -0.279 e. The van der Waals surface area contributed by atoms with E-state index in [9.17, 15) is 0 Å². The zero-order chi connectivity index (χ0) is 14.3. The molecule has 0 radical (unpaired) electrons. The number of hydrazone groups is 1. The molecule has 0 saturated carbocycles. The average Bonchev–Trinajstić information content (AvgIpc) is 3.03. The summed E-state index contributed by atoms with van der Waals surface area (Å²) in [5.74, 6) is 0. The van der Waals surface area contributed by atoms with Gasteiger partial charge in [-0.1, -0.05) is 42.5 Å². The highest BCUT2D eigenvalue weighted by Gasteiger charge is 1.95. The summed E-state index contributed by atoms with van der Waals surface area (Å²) >= 11 is 0. The Bertz CT molecular complexity index is 685. The molecule has 0 aliphatic rings. The SMILES string of the molecule is C(=NNc1ccccc1)c1ccc(Cn2cccn2)cc1. The second-order valence-electron chi connectivity index (χ2n) is 4.68. The lowest BCUT2D eigenvalue weighted by Crippen LogP contribution is -1.99. The Morgan fingerprint density at radius 2 is 1.81 bits per heavy atom. The van der Waals surface area contributed by atoms with Gasteiger partial charge in [0.05, 0.1) is 18.4 Å². The number of nitrogens with zero attached hydrogens (tertiary/aromatic N) is 3. The Morgan fingerprint density at radius 1 is 1.00 bits per heavy atom. The van der Waals surface area contributed by atoms with Crippen molar-refractivity contribution in [2.24, 2.45) is 5.10 Å². The molecule has 0 saturated heterocycles. The monoisotopic (exact) mass is 276 g/mol. The van der Waals surface area contributed by atoms with E-state index in [2.05, 4.69) is 39.9 Å². The molecule has 0 aliphatic carbocycles. The van der Waals surface area contributed by atoms with E-state index in [0.29, 0.717) is 0 Å². The van der Waals surface area contributed by atoms with E-state index in [1.54, 1.807) is 6.20 Å². The van der Waals surface area contributed by atoms with Crippen LogP contribution in [0.3, 0.4) is 0 Å². The zero-order valence-corrected chi connectivity index (χ0v) is 11.6. The van der Waals surface area contributed by atoms with Crippen molar-refractivity contribution in [3.05, 3.63) is 84.2 Å². The Morgan fingerprint density at radius 3 is 2.52 bits per heavy atom. The van der Waals surface area contributed by atoms with E-state index >= 15 is 0 Å². The Balaban J connectivity index is 1.59. The number of rotatable bonds is 5. The number of benzene rings is 2. The number of nitrogens with one attached hydrogen (secondary N) is 1. The lowest BCUT2D eigenvalue weighted by Gasteiger charge is -2.02. The highest BCUT2D eigenvalue weighted by Crippen LogP contribution is 2.06. The fourth-order valence-electron chi connectivity index (χ4n) is 1.98. The molecule has 104 valence electrons. The minimum absolute atomic E-state index is 0.784. The molecule has 0 aliphatic heterocycles. The van der Waals surface area contributed by atoms with Gasteiger partial charge < -0.3 is 0 Å². The van der Waals surface area contributed by atoms with Crippen LogP contribution in [0, 0.1) is 0 Å². The van der Waals surface area contributed by atoms with Crippen molar-refractivity contribution >= 4 is 11.9 Å². The highest BCUT2D eigenvalue weighted by molar-refractivity contribution is 5.80. The van der Waals surface area contributed by atoms with Crippen LogP contribution in [0.5, 0.6) is 0 Å². The van der Waals surface area contributed by atoms with E-state index in [1.807, 2.05) is 53.5 Å². The average molecular weight is 276 g/mol. The van der Waals surface area contributed by atoms with Gasteiger partial charge in [0.2, 0.25) is 0 Å². The van der Waals surface area contributed by atoms with Gasteiger partial charge in [-0.2, -0.15) is 10.2 Å². The molecular formula is C17H16N4. The van der Waals surface area contributed by atoms with Crippen LogP contribution in [0.1, 0.15) is 11.1 Å². The first-order valence-electron chi connectivity index (χ1n) is 6.81. The van der Waals surface area contributed by atoms with Crippen LogP contribution < -0.4 is 5.43 Å². The van der Waals surface area contributed by atoms with Gasteiger partial charge in [0.15, 0.2) is 0 Å². The Labute approximate surface area is 123 Å². The third-order valence-corrected chi connectivity index (χ3v) is 3.06. The van der Waals surface area contributed by atoms with Crippen molar-refractivity contribution in [2.45, 2.75) is 6.54 Å². The summed E-state index contributed by atoms with van der Waals surface area (Å²) in [5.41, 5.74) is 6.25. The zero-order valence-electron chi connectivity index (χ0n) is 11.6. The first kappa shape index (κ1) is 13.1. The Hall–Kier alpha value is -2.88. The molecule has 21 heavy (non-hydrogen) atoms. The van der Waals surface area contributed by atoms with Crippen molar-refractivity contribution in [2.75, 3.05) is 5.43 Å². The smallest absolute Gasteiger partial charge is 0.0659 e. The summed E-state index contributed by atoms with van der Waals surface area (Å²) in [4.78, 5) is 0. The van der Waals surface area contributed by atoms with Crippen LogP contribution in [-0.2, 0) is 6.54 Å². The van der Waals surface area contributed by atoms with Gasteiger partial charge in [-0.05, 0) is 29.3 Å². The molecule has 0 bridgehead atoms. The number of anilines is 1. The summed E-state index contributed by atoms with van der Waals surface area (Å²) in [5, 5.41) is 8.42. The van der Waals surface area contributed by atoms with E-state index < -0.39 is 0 Å². The lowest BCUT2D eigenvalue weighted by molar-refractivity contribution is 0.687. The standard InChI is InChI=1S/C17H16N4/c1-2-5-17(6-3-1)20-18-13-15-7-9-16(10-8-15)14-21-12-4-11-19-21/h1-13,20H,14H2. The van der Waals surface area contributed by atoms with E-state index in [1.165, 1.54) is 5.56 Å². The summed E-state index contributed by atoms with van der Waals surface area (Å²) in [6.07, 6.45) is 5.56. The first-order valence-corrected chi connectivity index (χ1v) is 6.81. The largest absolute Gasteiger partial charge is 0.279 e. The van der Waals surface area contributed by atoms with Gasteiger partial charge in [-0.25, -0.2) is 0 Å². The number of hydrogen-bond acceptors (Lipinski definition) is 3. The van der Waals surface area contributed by atoms with Gasteiger partial charge in [-0.15, -0.1) is 0 Å². The third-order valence-electron chi connectivity index (χ3n) is 3.06. The summed E-state index contributed by atoms with van der Waals surface area (Å²) in [6, 6.07) is 20.1. The quantitative estimate of drug-likeness (QED) is 0.573. The third kappa shape index (κ3) is 3.79. The molecule has 2 aromatic carbocycles. The minimum atomic E-state index is 0.784. The molecule has 1 N–H and O–H groups in total. The van der Waals surface area contributed by atoms with Crippen LogP contribution >= 0.6 is 0 Å². The van der Waals surface area contributed by atoms with Crippen LogP contribution in [0.2, 0.25) is 0 Å². The molecule has 1 heterocycles. The van der Waals surface area contributed by atoms with E-state index in [-0.39, 0.29) is 0 Å². The van der Waals surface area contributed by atoms with E-state index in [0.717, 1.165) is 17.8 Å². The topological polar surface area (TPSA) is 42.2 Å². The van der Waals surface area contributed by atoms with Crippen LogP contribution in [0.15, 0.2) is 78.2 Å². The molecule has 0 fully saturated rings. The second kappa shape index (κ2) is 6.52. The maximum Gasteiger partial charge on any atom is 0.0659 e. The highest BCUT2D eigenvalue weighted by atomic mass is 15.3. The summed E-state index contributed by atoms with van der Waals surface area (Å²) in [6.45, 7) is 0.784. The maximum absolute atomic E-state index is 4.22. The lowest BCUT2D eigenvalue weighted by atomic mass is 10.1. The molecule has 0 amide bonds. The van der Waals surface area contributed by atoms with Crippen LogP contribution in [0.25, 0.3) is 0 Å². The molecular weight excluding hydrogens is 260 g/mol. The normalized spacial score (nSPS) is 10.9. The summed E-state index contributed by atoms with van der Waals surface area (Å²) in [7, 11) is 0. The maximum atomic E-state index is 4.22. The van der Waals surface area contributed by atoms with Gasteiger partial charge in [-0.3, -0.25) is 10.1 Å². The van der Waals surface area contributed by atoms with Crippen molar-refractivity contribution in [1.82, 2.24) is 9.78 Å². The van der Waals surface area contributed by atoms with Gasteiger partial charge in [0.1, 0.15) is 0 Å². The molecule has 0 atom stereocenters. The molecule has 0 spiro atoms. The first-order chi connectivity index (χ1) is 10.4. The Kier molecular flexibility index (Phi) is 4.07. The van der Waals surface area contributed by atoms with Crippen molar-refractivity contribution < 1.29 is 0 Å². The number of hydrogen-bond donors (Lipinski definition) is 1. The fourth-order valence-corrected chi connectivity index (χ4v) is 1.98. The number of para-hydroxylation sites is 1. The predicted octanol–water partition coefficient (Wildman–Crippen LogP) is 3.38. The van der Waals surface area contributed by atoms with Crippen LogP contribution in [0.4, 0.5) is 5.69 Å². The molecule has 4 nitrogen and oxygen atoms in total. The van der Waals surface area contributed by atoms with Gasteiger partial charge in [0, 0.05) is 12.4 Å². The summed E-state index contributed by atoms with van der Waals surface area (Å²) < 4.78 is 1.90. The fraction of sp³-hybridized carbons (Fsp3) is 0.0588. The predicted molar refractivity (Wildman–Crippen MR) is 85.4 cm³/mol. The van der Waals surface area contributed by atoms with Crippen molar-refractivity contribution in [3.8, 4) is 0 Å².